The minimum atomic E-state index is -0.0380. The highest BCUT2D eigenvalue weighted by Gasteiger charge is 2.48. The first-order valence-corrected chi connectivity index (χ1v) is 17.7. The van der Waals surface area contributed by atoms with Gasteiger partial charge in [-0.15, -0.1) is 0 Å². The molecule has 0 aromatic heterocycles. The van der Waals surface area contributed by atoms with E-state index in [1.165, 1.54) is 19.3 Å². The van der Waals surface area contributed by atoms with Crippen LogP contribution in [0.15, 0.2) is 0 Å². The Bertz CT molecular complexity index is 997. The zero-order valence-corrected chi connectivity index (χ0v) is 29.3. The van der Waals surface area contributed by atoms with E-state index in [4.69, 9.17) is 0 Å². The molecule has 3 amide bonds. The number of carbonyl (C=O) groups excluding carboxylic acids is 3. The van der Waals surface area contributed by atoms with E-state index in [1.54, 1.807) is 0 Å². The molecule has 9 nitrogen and oxygen atoms in total. The summed E-state index contributed by atoms with van der Waals surface area (Å²) in [5, 5.41) is 9.47. The molecule has 3 heterocycles. The van der Waals surface area contributed by atoms with Gasteiger partial charge < -0.3 is 30.7 Å². The first kappa shape index (κ1) is 35.1. The van der Waals surface area contributed by atoms with E-state index in [0.29, 0.717) is 17.7 Å². The lowest BCUT2D eigenvalue weighted by atomic mass is 10.0. The number of likely N-dealkylation sites (tertiary alicyclic amines) is 3. The summed E-state index contributed by atoms with van der Waals surface area (Å²) < 4.78 is 0. The monoisotopic (exact) mass is 617 g/mol. The SMILES string of the molecule is CCCN1CC2CC2CC(NC)C1=O.CNC1CC2CC2CN(C(C)(C)C)C1=O.CNC1CC2CC2CN(CC(C)C)C1=O. The molecule has 3 saturated heterocycles. The van der Waals surface area contributed by atoms with Gasteiger partial charge in [-0.05, 0) is 128 Å². The third-order valence-electron chi connectivity index (χ3n) is 10.9. The molecular formula is C35H64N6O3. The van der Waals surface area contributed by atoms with Gasteiger partial charge in [0.2, 0.25) is 17.7 Å². The van der Waals surface area contributed by atoms with Crippen molar-refractivity contribution in [2.45, 2.75) is 110 Å². The molecule has 3 N–H and O–H groups in total. The van der Waals surface area contributed by atoms with Crippen LogP contribution in [-0.4, -0.2) is 110 Å². The molecule has 0 aromatic carbocycles. The summed E-state index contributed by atoms with van der Waals surface area (Å²) in [5.74, 6) is 6.29. The highest BCUT2D eigenvalue weighted by Crippen LogP contribution is 2.46. The van der Waals surface area contributed by atoms with Crippen LogP contribution < -0.4 is 16.0 Å². The van der Waals surface area contributed by atoms with Crippen molar-refractivity contribution in [3.8, 4) is 0 Å². The van der Waals surface area contributed by atoms with Crippen LogP contribution in [0.1, 0.15) is 86.5 Å². The largest absolute Gasteiger partial charge is 0.341 e. The fourth-order valence-electron chi connectivity index (χ4n) is 7.78. The Morgan fingerprint density at radius 2 is 1.05 bits per heavy atom. The van der Waals surface area contributed by atoms with Crippen molar-refractivity contribution in [1.82, 2.24) is 30.7 Å². The predicted molar refractivity (Wildman–Crippen MR) is 177 cm³/mol. The van der Waals surface area contributed by atoms with Crippen LogP contribution >= 0.6 is 0 Å². The lowest BCUT2D eigenvalue weighted by molar-refractivity contribution is -0.138. The van der Waals surface area contributed by atoms with Crippen LogP contribution in [0.4, 0.5) is 0 Å². The van der Waals surface area contributed by atoms with Gasteiger partial charge in [-0.25, -0.2) is 0 Å². The molecule has 3 aliphatic carbocycles. The third kappa shape index (κ3) is 8.97. The Labute approximate surface area is 268 Å². The molecule has 3 aliphatic heterocycles. The molecule has 0 aromatic rings. The Balaban J connectivity index is 0.000000151. The van der Waals surface area contributed by atoms with Crippen molar-refractivity contribution in [3.05, 3.63) is 0 Å². The second kappa shape index (κ2) is 14.8. The summed E-state index contributed by atoms with van der Waals surface area (Å²) in [6, 6.07) is 0.196. The summed E-state index contributed by atoms with van der Waals surface area (Å²) in [4.78, 5) is 42.6. The van der Waals surface area contributed by atoms with Crippen molar-refractivity contribution < 1.29 is 14.4 Å². The van der Waals surface area contributed by atoms with Gasteiger partial charge >= 0.3 is 0 Å². The van der Waals surface area contributed by atoms with E-state index in [9.17, 15) is 14.4 Å². The number of amides is 3. The van der Waals surface area contributed by atoms with Crippen LogP contribution in [0.5, 0.6) is 0 Å². The zero-order valence-electron chi connectivity index (χ0n) is 29.3. The first-order chi connectivity index (χ1) is 20.8. The summed E-state index contributed by atoms with van der Waals surface area (Å²) in [5.41, 5.74) is -0.0380. The minimum Gasteiger partial charge on any atom is -0.341 e. The number of hydrogen-bond donors (Lipinski definition) is 3. The van der Waals surface area contributed by atoms with Crippen LogP contribution in [0.25, 0.3) is 0 Å². The molecule has 6 rings (SSSR count). The molecule has 6 fully saturated rings. The molecular weight excluding hydrogens is 552 g/mol. The quantitative estimate of drug-likeness (QED) is 0.407. The number of nitrogens with one attached hydrogen (secondary N) is 3. The van der Waals surface area contributed by atoms with E-state index in [2.05, 4.69) is 72.2 Å². The molecule has 44 heavy (non-hydrogen) atoms. The van der Waals surface area contributed by atoms with Gasteiger partial charge in [0.1, 0.15) is 0 Å². The van der Waals surface area contributed by atoms with Crippen LogP contribution in [0.3, 0.4) is 0 Å². The maximum atomic E-state index is 12.3. The van der Waals surface area contributed by atoms with Crippen molar-refractivity contribution >= 4 is 17.7 Å². The fourth-order valence-corrected chi connectivity index (χ4v) is 7.78. The van der Waals surface area contributed by atoms with Crippen molar-refractivity contribution in [2.24, 2.45) is 41.4 Å². The van der Waals surface area contributed by atoms with Crippen molar-refractivity contribution in [3.63, 3.8) is 0 Å². The first-order valence-electron chi connectivity index (χ1n) is 17.7. The number of rotatable bonds is 7. The van der Waals surface area contributed by atoms with Gasteiger partial charge in [0.05, 0.1) is 18.1 Å². The second-order valence-electron chi connectivity index (χ2n) is 16.0. The minimum absolute atomic E-state index is 0.0380. The zero-order chi connectivity index (χ0) is 32.3. The van der Waals surface area contributed by atoms with E-state index >= 15 is 0 Å². The molecule has 9 unspecified atom stereocenters. The highest BCUT2D eigenvalue weighted by atomic mass is 16.2. The van der Waals surface area contributed by atoms with E-state index < -0.39 is 0 Å². The smallest absolute Gasteiger partial charge is 0.240 e. The number of fused-ring (bicyclic) bond motifs is 3. The number of nitrogens with zero attached hydrogens (tertiary/aromatic N) is 3. The molecule has 0 spiro atoms. The number of likely N-dealkylation sites (N-methyl/N-ethyl adjacent to an activating group) is 3. The van der Waals surface area contributed by atoms with E-state index in [-0.39, 0.29) is 29.6 Å². The lowest BCUT2D eigenvalue weighted by Gasteiger charge is -2.37. The predicted octanol–water partition coefficient (Wildman–Crippen LogP) is 3.19. The molecule has 3 saturated carbocycles. The Morgan fingerprint density at radius 3 is 1.45 bits per heavy atom. The van der Waals surface area contributed by atoms with E-state index in [0.717, 1.165) is 93.9 Å². The summed E-state index contributed by atoms with van der Waals surface area (Å²) >= 11 is 0. The second-order valence-corrected chi connectivity index (χ2v) is 16.0. The van der Waals surface area contributed by atoms with Crippen LogP contribution in [0, 0.1) is 41.4 Å². The lowest BCUT2D eigenvalue weighted by Crippen LogP contribution is -2.52. The maximum Gasteiger partial charge on any atom is 0.240 e. The van der Waals surface area contributed by atoms with Gasteiger partial charge in [0, 0.05) is 38.3 Å². The standard InChI is InChI=1S/2C12H22N2O.C11H20N2O/c1-12(2,3)14-7-9-5-8(9)6-10(13-4)11(14)15;1-8(2)6-14-7-10-4-9(10)5-11(13-3)12(14)15;1-3-4-13-7-9-5-8(9)6-10(12-2)11(13)14/h8-10,13H,5-7H2,1-4H3;8-11,13H,4-7H2,1-3H3;8-10,12H,3-7H2,1-2H3. The van der Waals surface area contributed by atoms with Crippen LogP contribution in [0.2, 0.25) is 0 Å². The molecule has 0 radical (unpaired) electrons. The summed E-state index contributed by atoms with van der Waals surface area (Å²) in [6.45, 7) is 17.7. The Kier molecular flexibility index (Phi) is 11.8. The Hall–Kier alpha value is -1.71. The highest BCUT2D eigenvalue weighted by molar-refractivity contribution is 5.83. The normalized spacial score (nSPS) is 36.0. The number of carbonyl (C=O) groups is 3. The molecule has 252 valence electrons. The van der Waals surface area contributed by atoms with Gasteiger partial charge in [0.25, 0.3) is 0 Å². The average Bonchev–Trinajstić information content (AvgIpc) is 3.85. The topological polar surface area (TPSA) is 97.0 Å². The summed E-state index contributed by atoms with van der Waals surface area (Å²) in [6.07, 6.45) is 8.20. The van der Waals surface area contributed by atoms with Gasteiger partial charge in [-0.3, -0.25) is 14.4 Å². The third-order valence-corrected chi connectivity index (χ3v) is 10.9. The maximum absolute atomic E-state index is 12.3. The fraction of sp³-hybridized carbons (Fsp3) is 0.914. The van der Waals surface area contributed by atoms with Gasteiger partial charge in [0.15, 0.2) is 0 Å². The molecule has 0 bridgehead atoms. The molecule has 6 aliphatic rings. The van der Waals surface area contributed by atoms with Crippen molar-refractivity contribution in [2.75, 3.05) is 53.9 Å². The Morgan fingerprint density at radius 1 is 0.636 bits per heavy atom. The average molecular weight is 617 g/mol. The van der Waals surface area contributed by atoms with Crippen LogP contribution in [-0.2, 0) is 14.4 Å². The van der Waals surface area contributed by atoms with Crippen molar-refractivity contribution in [1.29, 1.82) is 0 Å². The van der Waals surface area contributed by atoms with Gasteiger partial charge in [-0.2, -0.15) is 0 Å². The number of hydrogen-bond acceptors (Lipinski definition) is 6. The summed E-state index contributed by atoms with van der Waals surface area (Å²) in [7, 11) is 5.69. The molecule has 9 atom stereocenters. The molecule has 9 heteroatoms. The van der Waals surface area contributed by atoms with E-state index in [1.807, 2.05) is 21.1 Å². The van der Waals surface area contributed by atoms with Gasteiger partial charge in [-0.1, -0.05) is 20.8 Å².